The molecule has 1 heterocycles. The molecule has 3 unspecified atom stereocenters. The van der Waals surface area contributed by atoms with Crippen LogP contribution in [0.5, 0.6) is 0 Å². The van der Waals surface area contributed by atoms with E-state index in [1.807, 2.05) is 6.92 Å². The Kier molecular flexibility index (Phi) is 4.52. The highest BCUT2D eigenvalue weighted by Crippen LogP contribution is 2.23. The van der Waals surface area contributed by atoms with Gasteiger partial charge in [-0.3, -0.25) is 4.79 Å². The molecule has 1 aliphatic carbocycles. The van der Waals surface area contributed by atoms with Crippen LogP contribution in [-0.2, 0) is 11.3 Å². The number of nitrogens with one attached hydrogen (secondary N) is 1. The maximum absolute atomic E-state index is 12.0. The molecule has 1 aromatic heterocycles. The molecule has 6 heteroatoms. The Morgan fingerprint density at radius 2 is 2.32 bits per heavy atom. The van der Waals surface area contributed by atoms with E-state index in [-0.39, 0.29) is 18.5 Å². The fourth-order valence-corrected chi connectivity index (χ4v) is 2.53. The van der Waals surface area contributed by atoms with Crippen LogP contribution in [0.25, 0.3) is 0 Å². The molecule has 6 nitrogen and oxygen atoms in total. The first-order valence-electron chi connectivity index (χ1n) is 7.01. The summed E-state index contributed by atoms with van der Waals surface area (Å²) in [6.45, 7) is 4.26. The number of carbonyl (C=O) groups excluding carboxylic acids is 1. The molecular weight excluding hydrogens is 242 g/mol. The van der Waals surface area contributed by atoms with Crippen LogP contribution in [0.2, 0.25) is 0 Å². The van der Waals surface area contributed by atoms with Crippen molar-refractivity contribution >= 4 is 5.91 Å². The van der Waals surface area contributed by atoms with Gasteiger partial charge in [0.25, 0.3) is 0 Å². The highest BCUT2D eigenvalue weighted by atomic mass is 16.2. The second kappa shape index (κ2) is 6.14. The van der Waals surface area contributed by atoms with E-state index in [4.69, 9.17) is 5.73 Å². The molecule has 106 valence electrons. The third-order valence-corrected chi connectivity index (χ3v) is 3.79. The van der Waals surface area contributed by atoms with Crippen molar-refractivity contribution in [2.45, 2.75) is 58.2 Å². The first kappa shape index (κ1) is 14.0. The van der Waals surface area contributed by atoms with E-state index in [0.29, 0.717) is 17.7 Å². The lowest BCUT2D eigenvalue weighted by Crippen LogP contribution is -2.42. The van der Waals surface area contributed by atoms with Crippen LogP contribution in [0.15, 0.2) is 6.20 Å². The monoisotopic (exact) mass is 265 g/mol. The maximum atomic E-state index is 12.0. The SMILES string of the molecule is CC(N)c1cn(CC(=O)NC2CCCCC2C)nn1. The van der Waals surface area contributed by atoms with Gasteiger partial charge < -0.3 is 11.1 Å². The summed E-state index contributed by atoms with van der Waals surface area (Å²) in [6, 6.07) is 0.146. The van der Waals surface area contributed by atoms with Crippen molar-refractivity contribution in [2.24, 2.45) is 11.7 Å². The summed E-state index contributed by atoms with van der Waals surface area (Å²) in [5.41, 5.74) is 6.42. The van der Waals surface area contributed by atoms with E-state index in [1.54, 1.807) is 10.9 Å². The molecule has 3 atom stereocenters. The number of aromatic nitrogens is 3. The van der Waals surface area contributed by atoms with E-state index in [0.717, 1.165) is 6.42 Å². The Morgan fingerprint density at radius 3 is 2.95 bits per heavy atom. The maximum Gasteiger partial charge on any atom is 0.242 e. The van der Waals surface area contributed by atoms with Gasteiger partial charge in [0.15, 0.2) is 0 Å². The predicted molar refractivity (Wildman–Crippen MR) is 72.2 cm³/mol. The molecule has 0 bridgehead atoms. The van der Waals surface area contributed by atoms with E-state index in [2.05, 4.69) is 22.6 Å². The summed E-state index contributed by atoms with van der Waals surface area (Å²) in [4.78, 5) is 12.0. The molecule has 3 N–H and O–H groups in total. The third kappa shape index (κ3) is 3.76. The number of amides is 1. The highest BCUT2D eigenvalue weighted by Gasteiger charge is 2.22. The summed E-state index contributed by atoms with van der Waals surface area (Å²) in [6.07, 6.45) is 6.48. The predicted octanol–water partition coefficient (Wildman–Crippen LogP) is 0.993. The minimum absolute atomic E-state index is 0.000116. The van der Waals surface area contributed by atoms with Crippen molar-refractivity contribution in [2.75, 3.05) is 0 Å². The smallest absolute Gasteiger partial charge is 0.242 e. The molecular formula is C13H23N5O. The van der Waals surface area contributed by atoms with Crippen molar-refractivity contribution in [1.29, 1.82) is 0 Å². The second-order valence-corrected chi connectivity index (χ2v) is 5.57. The third-order valence-electron chi connectivity index (χ3n) is 3.79. The van der Waals surface area contributed by atoms with Gasteiger partial charge in [0.05, 0.1) is 11.9 Å². The molecule has 2 rings (SSSR count). The standard InChI is InChI=1S/C13H23N5O/c1-9-5-3-4-6-11(9)15-13(19)8-18-7-12(10(2)14)16-17-18/h7,9-11H,3-6,8,14H2,1-2H3,(H,15,19). The molecule has 0 aliphatic heterocycles. The molecule has 0 spiro atoms. The Hall–Kier alpha value is -1.43. The van der Waals surface area contributed by atoms with Crippen LogP contribution in [0, 0.1) is 5.92 Å². The van der Waals surface area contributed by atoms with Crippen LogP contribution in [-0.4, -0.2) is 26.9 Å². The Balaban J connectivity index is 1.86. The Morgan fingerprint density at radius 1 is 1.58 bits per heavy atom. The van der Waals surface area contributed by atoms with E-state index >= 15 is 0 Å². The normalized spacial score (nSPS) is 25.0. The quantitative estimate of drug-likeness (QED) is 0.850. The summed E-state index contributed by atoms with van der Waals surface area (Å²) >= 11 is 0. The minimum atomic E-state index is -0.157. The lowest BCUT2D eigenvalue weighted by atomic mass is 9.86. The van der Waals surface area contributed by atoms with Crippen LogP contribution in [0.3, 0.4) is 0 Å². The number of hydrogen-bond acceptors (Lipinski definition) is 4. The van der Waals surface area contributed by atoms with Crippen molar-refractivity contribution in [1.82, 2.24) is 20.3 Å². The van der Waals surface area contributed by atoms with Crippen LogP contribution < -0.4 is 11.1 Å². The van der Waals surface area contributed by atoms with Gasteiger partial charge in [0.2, 0.25) is 5.91 Å². The zero-order chi connectivity index (χ0) is 13.8. The molecule has 0 aromatic carbocycles. The van der Waals surface area contributed by atoms with Gasteiger partial charge in [-0.2, -0.15) is 0 Å². The first-order valence-corrected chi connectivity index (χ1v) is 7.01. The van der Waals surface area contributed by atoms with Crippen molar-refractivity contribution in [3.05, 3.63) is 11.9 Å². The van der Waals surface area contributed by atoms with Gasteiger partial charge in [-0.1, -0.05) is 25.0 Å². The Labute approximate surface area is 113 Å². The molecule has 1 fully saturated rings. The zero-order valence-corrected chi connectivity index (χ0v) is 11.7. The molecule has 1 amide bonds. The fraction of sp³-hybridized carbons (Fsp3) is 0.769. The fourth-order valence-electron chi connectivity index (χ4n) is 2.53. The van der Waals surface area contributed by atoms with Crippen LogP contribution in [0.4, 0.5) is 0 Å². The first-order chi connectivity index (χ1) is 9.06. The number of rotatable bonds is 4. The summed E-state index contributed by atoms with van der Waals surface area (Å²) in [5.74, 6) is 0.563. The highest BCUT2D eigenvalue weighted by molar-refractivity contribution is 5.75. The molecule has 19 heavy (non-hydrogen) atoms. The zero-order valence-electron chi connectivity index (χ0n) is 11.7. The minimum Gasteiger partial charge on any atom is -0.351 e. The van der Waals surface area contributed by atoms with Gasteiger partial charge in [-0.25, -0.2) is 4.68 Å². The molecule has 0 radical (unpaired) electrons. The lowest BCUT2D eigenvalue weighted by molar-refractivity contribution is -0.123. The number of nitrogens with zero attached hydrogens (tertiary/aromatic N) is 3. The largest absolute Gasteiger partial charge is 0.351 e. The number of nitrogens with two attached hydrogens (primary N) is 1. The summed E-state index contributed by atoms with van der Waals surface area (Å²) in [7, 11) is 0. The number of hydrogen-bond donors (Lipinski definition) is 2. The summed E-state index contributed by atoms with van der Waals surface area (Å²) in [5, 5.41) is 11.0. The van der Waals surface area contributed by atoms with Crippen LogP contribution in [0.1, 0.15) is 51.3 Å². The molecule has 1 aliphatic rings. The van der Waals surface area contributed by atoms with E-state index in [1.165, 1.54) is 19.3 Å². The molecule has 0 saturated heterocycles. The topological polar surface area (TPSA) is 85.8 Å². The molecule has 1 saturated carbocycles. The van der Waals surface area contributed by atoms with Crippen molar-refractivity contribution < 1.29 is 4.79 Å². The van der Waals surface area contributed by atoms with E-state index < -0.39 is 0 Å². The van der Waals surface area contributed by atoms with Gasteiger partial charge in [0, 0.05) is 12.1 Å². The number of carbonyl (C=O) groups is 1. The van der Waals surface area contributed by atoms with Crippen LogP contribution >= 0.6 is 0 Å². The Bertz CT molecular complexity index is 428. The average Bonchev–Trinajstić information content (AvgIpc) is 2.80. The average molecular weight is 265 g/mol. The molecule has 1 aromatic rings. The van der Waals surface area contributed by atoms with Gasteiger partial charge in [0.1, 0.15) is 6.54 Å². The van der Waals surface area contributed by atoms with Gasteiger partial charge >= 0.3 is 0 Å². The van der Waals surface area contributed by atoms with Gasteiger partial charge in [-0.05, 0) is 25.7 Å². The second-order valence-electron chi connectivity index (χ2n) is 5.57. The van der Waals surface area contributed by atoms with Gasteiger partial charge in [-0.15, -0.1) is 5.10 Å². The van der Waals surface area contributed by atoms with Crippen molar-refractivity contribution in [3.8, 4) is 0 Å². The van der Waals surface area contributed by atoms with E-state index in [9.17, 15) is 4.79 Å². The van der Waals surface area contributed by atoms with Crippen molar-refractivity contribution in [3.63, 3.8) is 0 Å². The lowest BCUT2D eigenvalue weighted by Gasteiger charge is -2.29. The summed E-state index contributed by atoms with van der Waals surface area (Å²) < 4.78 is 1.54.